The molecule has 2 aliphatic rings. The predicted octanol–water partition coefficient (Wildman–Crippen LogP) is 5.90. The predicted molar refractivity (Wildman–Crippen MR) is 153 cm³/mol. The highest BCUT2D eigenvalue weighted by Gasteiger charge is 2.43. The number of anilines is 2. The second-order valence-electron chi connectivity index (χ2n) is 8.96. The fourth-order valence-corrected chi connectivity index (χ4v) is 6.64. The van der Waals surface area contributed by atoms with Gasteiger partial charge in [0, 0.05) is 21.9 Å². The van der Waals surface area contributed by atoms with Crippen molar-refractivity contribution in [1.82, 2.24) is 0 Å². The van der Waals surface area contributed by atoms with Crippen molar-refractivity contribution in [3.8, 4) is 0 Å². The SMILES string of the molecule is O=C1c2cccc([N+](=O)[O-])c2C(=O)N1c1ccc(SSc2ccc(N3C(=O)c4cccc([N+](=O)[O-])c4C3=O)cc2)cc1. The van der Waals surface area contributed by atoms with Crippen molar-refractivity contribution in [2.45, 2.75) is 9.79 Å². The van der Waals surface area contributed by atoms with Crippen LogP contribution in [0.3, 0.4) is 0 Å². The number of hydrogen-bond acceptors (Lipinski definition) is 10. The zero-order valence-corrected chi connectivity index (χ0v) is 22.6. The van der Waals surface area contributed by atoms with E-state index in [1.54, 1.807) is 48.5 Å². The second kappa shape index (κ2) is 10.2. The fourth-order valence-electron chi connectivity index (χ4n) is 4.71. The van der Waals surface area contributed by atoms with Gasteiger partial charge in [-0.1, -0.05) is 33.7 Å². The molecule has 14 heteroatoms. The third-order valence-electron chi connectivity index (χ3n) is 6.60. The van der Waals surface area contributed by atoms with Gasteiger partial charge in [0.2, 0.25) is 0 Å². The molecule has 0 N–H and O–H groups in total. The van der Waals surface area contributed by atoms with Gasteiger partial charge in [-0.2, -0.15) is 0 Å². The van der Waals surface area contributed by atoms with Crippen molar-refractivity contribution in [2.75, 3.05) is 9.80 Å². The zero-order valence-electron chi connectivity index (χ0n) is 21.0. The smallest absolute Gasteiger partial charge is 0.268 e. The molecule has 0 unspecified atom stereocenters. The van der Waals surface area contributed by atoms with Crippen LogP contribution in [-0.4, -0.2) is 33.5 Å². The number of benzene rings is 4. The standard InChI is InChI=1S/C28H14N4O8S2/c33-25-19-3-1-5-21(31(37)38)23(19)27(35)29(25)15-7-11-17(12-8-15)41-42-18-13-9-16(10-14-18)30-26(34)20-4-2-6-22(32(39)40)24(20)28(30)36/h1-14H. The lowest BCUT2D eigenvalue weighted by Crippen LogP contribution is -2.29. The van der Waals surface area contributed by atoms with Crippen LogP contribution in [-0.2, 0) is 0 Å². The van der Waals surface area contributed by atoms with Gasteiger partial charge in [-0.05, 0) is 60.7 Å². The number of carbonyl (C=O) groups is 4. The minimum Gasteiger partial charge on any atom is -0.268 e. The largest absolute Gasteiger partial charge is 0.283 e. The Kier molecular flexibility index (Phi) is 6.55. The number of imide groups is 2. The maximum absolute atomic E-state index is 12.9. The Hall–Kier alpha value is -5.34. The Balaban J connectivity index is 1.14. The maximum Gasteiger partial charge on any atom is 0.283 e. The summed E-state index contributed by atoms with van der Waals surface area (Å²) in [5.74, 6) is -2.79. The first kappa shape index (κ1) is 26.9. The highest BCUT2D eigenvalue weighted by Crippen LogP contribution is 2.41. The molecule has 4 amide bonds. The van der Waals surface area contributed by atoms with Gasteiger partial charge in [-0.25, -0.2) is 9.80 Å². The van der Waals surface area contributed by atoms with Crippen LogP contribution in [0.1, 0.15) is 41.4 Å². The molecule has 206 valence electrons. The summed E-state index contributed by atoms with van der Waals surface area (Å²) >= 11 is 0. The van der Waals surface area contributed by atoms with Crippen LogP contribution in [0.4, 0.5) is 22.7 Å². The van der Waals surface area contributed by atoms with Gasteiger partial charge >= 0.3 is 0 Å². The van der Waals surface area contributed by atoms with E-state index in [4.69, 9.17) is 0 Å². The molecule has 0 saturated heterocycles. The summed E-state index contributed by atoms with van der Waals surface area (Å²) in [5.41, 5.74) is -0.809. The van der Waals surface area contributed by atoms with Crippen molar-refractivity contribution in [2.24, 2.45) is 0 Å². The Morgan fingerprint density at radius 3 is 1.19 bits per heavy atom. The molecule has 42 heavy (non-hydrogen) atoms. The maximum atomic E-state index is 12.9. The van der Waals surface area contributed by atoms with Crippen LogP contribution in [0, 0.1) is 20.2 Å². The van der Waals surface area contributed by atoms with E-state index in [1.807, 2.05) is 0 Å². The van der Waals surface area contributed by atoms with Crippen LogP contribution in [0.15, 0.2) is 94.7 Å². The first-order valence-electron chi connectivity index (χ1n) is 12.0. The molecule has 4 aromatic carbocycles. The lowest BCUT2D eigenvalue weighted by atomic mass is 10.1. The molecule has 0 bridgehead atoms. The number of hydrogen-bond donors (Lipinski definition) is 0. The Bertz CT molecular complexity index is 1740. The Morgan fingerprint density at radius 1 is 0.500 bits per heavy atom. The highest BCUT2D eigenvalue weighted by molar-refractivity contribution is 8.76. The number of carbonyl (C=O) groups excluding carboxylic acids is 4. The normalized spacial score (nSPS) is 13.9. The Morgan fingerprint density at radius 2 is 0.857 bits per heavy atom. The van der Waals surface area contributed by atoms with Crippen LogP contribution in [0.5, 0.6) is 0 Å². The van der Waals surface area contributed by atoms with Crippen LogP contribution < -0.4 is 9.80 Å². The van der Waals surface area contributed by atoms with E-state index in [1.165, 1.54) is 58.0 Å². The summed E-state index contributed by atoms with van der Waals surface area (Å²) in [6, 6.07) is 20.9. The van der Waals surface area contributed by atoms with Crippen molar-refractivity contribution in [1.29, 1.82) is 0 Å². The molecule has 4 aromatic rings. The molecule has 0 aliphatic carbocycles. The van der Waals surface area contributed by atoms with E-state index >= 15 is 0 Å². The molecule has 12 nitrogen and oxygen atoms in total. The first-order chi connectivity index (χ1) is 20.2. The molecular weight excluding hydrogens is 584 g/mol. The lowest BCUT2D eigenvalue weighted by molar-refractivity contribution is -0.385. The van der Waals surface area contributed by atoms with E-state index in [2.05, 4.69) is 0 Å². The third-order valence-corrected chi connectivity index (χ3v) is 9.02. The molecule has 0 fully saturated rings. The summed E-state index contributed by atoms with van der Waals surface area (Å²) in [6.07, 6.45) is 0. The van der Waals surface area contributed by atoms with E-state index < -0.39 is 44.9 Å². The monoisotopic (exact) mass is 598 g/mol. The molecule has 0 saturated carbocycles. The third kappa shape index (κ3) is 4.29. The van der Waals surface area contributed by atoms with Gasteiger partial charge in [-0.3, -0.25) is 39.4 Å². The molecular formula is C28H14N4O8S2. The van der Waals surface area contributed by atoms with Crippen LogP contribution in [0.25, 0.3) is 0 Å². The minimum atomic E-state index is -0.759. The van der Waals surface area contributed by atoms with Gasteiger partial charge in [-0.15, -0.1) is 0 Å². The summed E-state index contributed by atoms with van der Waals surface area (Å²) in [5, 5.41) is 22.7. The van der Waals surface area contributed by atoms with Gasteiger partial charge in [0.1, 0.15) is 11.1 Å². The molecule has 0 aromatic heterocycles. The van der Waals surface area contributed by atoms with E-state index in [0.717, 1.165) is 19.6 Å². The average molecular weight is 599 g/mol. The number of amides is 4. The molecule has 0 spiro atoms. The van der Waals surface area contributed by atoms with Crippen LogP contribution in [0.2, 0.25) is 0 Å². The second-order valence-corrected chi connectivity index (χ2v) is 11.2. The molecule has 2 aliphatic heterocycles. The number of nitrogens with zero attached hydrogens (tertiary/aromatic N) is 4. The molecule has 2 heterocycles. The van der Waals surface area contributed by atoms with E-state index in [-0.39, 0.29) is 33.6 Å². The van der Waals surface area contributed by atoms with Gasteiger partial charge in [0.05, 0.1) is 32.3 Å². The zero-order chi connectivity index (χ0) is 29.7. The van der Waals surface area contributed by atoms with Gasteiger partial charge in [0.25, 0.3) is 35.0 Å². The molecule has 0 radical (unpaired) electrons. The van der Waals surface area contributed by atoms with Crippen molar-refractivity contribution in [3.05, 3.63) is 127 Å². The summed E-state index contributed by atoms with van der Waals surface area (Å²) < 4.78 is 0. The summed E-state index contributed by atoms with van der Waals surface area (Å²) in [6.45, 7) is 0. The van der Waals surface area contributed by atoms with Gasteiger partial charge < -0.3 is 0 Å². The van der Waals surface area contributed by atoms with E-state index in [0.29, 0.717) is 0 Å². The number of fused-ring (bicyclic) bond motifs is 2. The Labute approximate surface area is 243 Å². The summed E-state index contributed by atoms with van der Waals surface area (Å²) in [4.78, 5) is 76.2. The van der Waals surface area contributed by atoms with Crippen LogP contribution >= 0.6 is 21.6 Å². The number of nitro groups is 2. The fraction of sp³-hybridized carbons (Fsp3) is 0. The topological polar surface area (TPSA) is 161 Å². The van der Waals surface area contributed by atoms with Gasteiger partial charge in [0.15, 0.2) is 0 Å². The molecule has 0 atom stereocenters. The highest BCUT2D eigenvalue weighted by atomic mass is 33.1. The van der Waals surface area contributed by atoms with Crippen molar-refractivity contribution < 1.29 is 29.0 Å². The summed E-state index contributed by atoms with van der Waals surface area (Å²) in [7, 11) is 2.74. The average Bonchev–Trinajstić information content (AvgIpc) is 3.40. The van der Waals surface area contributed by atoms with Crippen molar-refractivity contribution >= 4 is 68.0 Å². The number of nitro benzene ring substituents is 2. The quantitative estimate of drug-likeness (QED) is 0.108. The molecule has 6 rings (SSSR count). The van der Waals surface area contributed by atoms with E-state index in [9.17, 15) is 39.4 Å². The number of rotatable bonds is 7. The lowest BCUT2D eigenvalue weighted by Gasteiger charge is -2.14. The minimum absolute atomic E-state index is 0.0221. The first-order valence-corrected chi connectivity index (χ1v) is 14.2. The van der Waals surface area contributed by atoms with Crippen molar-refractivity contribution in [3.63, 3.8) is 0 Å².